The van der Waals surface area contributed by atoms with Crippen molar-refractivity contribution in [1.82, 2.24) is 10.3 Å². The summed E-state index contributed by atoms with van der Waals surface area (Å²) < 4.78 is 5.01. The predicted octanol–water partition coefficient (Wildman–Crippen LogP) is 1.51. The maximum Gasteiger partial charge on any atom is 0.289 e. The minimum absolute atomic E-state index is 0.155. The average Bonchev–Trinajstić information content (AvgIpc) is 2.72. The van der Waals surface area contributed by atoms with Crippen molar-refractivity contribution in [2.45, 2.75) is 33.1 Å². The number of aliphatic hydroxyl groups is 1. The number of aromatic nitrogens is 1. The van der Waals surface area contributed by atoms with Gasteiger partial charge in [0.05, 0.1) is 5.69 Å². The molecule has 1 aromatic heterocycles. The van der Waals surface area contributed by atoms with E-state index < -0.39 is 0 Å². The van der Waals surface area contributed by atoms with Gasteiger partial charge >= 0.3 is 0 Å². The standard InChI is InChI=1S/C12H20N2O3/c1-3-4-10(5-6-15)7-13-12(16)11-9(2)14-8-17-11/h8,10,15H,3-7H2,1-2H3,(H,13,16). The van der Waals surface area contributed by atoms with Gasteiger partial charge in [-0.05, 0) is 25.7 Å². The van der Waals surface area contributed by atoms with Gasteiger partial charge in [-0.25, -0.2) is 4.98 Å². The number of carbonyl (C=O) groups is 1. The largest absolute Gasteiger partial charge is 0.438 e. The van der Waals surface area contributed by atoms with E-state index in [0.29, 0.717) is 24.6 Å². The normalized spacial score (nSPS) is 12.4. The van der Waals surface area contributed by atoms with E-state index in [2.05, 4.69) is 17.2 Å². The van der Waals surface area contributed by atoms with Crippen molar-refractivity contribution in [2.24, 2.45) is 5.92 Å². The average molecular weight is 240 g/mol. The van der Waals surface area contributed by atoms with Crippen LogP contribution in [0.5, 0.6) is 0 Å². The number of nitrogens with one attached hydrogen (secondary N) is 1. The second-order valence-corrected chi connectivity index (χ2v) is 4.14. The Morgan fingerprint density at radius 2 is 2.35 bits per heavy atom. The van der Waals surface area contributed by atoms with E-state index in [4.69, 9.17) is 9.52 Å². The summed E-state index contributed by atoms with van der Waals surface area (Å²) >= 11 is 0. The molecule has 96 valence electrons. The molecule has 1 heterocycles. The quantitative estimate of drug-likeness (QED) is 0.757. The molecule has 1 unspecified atom stereocenters. The monoisotopic (exact) mass is 240 g/mol. The summed E-state index contributed by atoms with van der Waals surface area (Å²) in [5.74, 6) is 0.348. The molecule has 5 heteroatoms. The van der Waals surface area contributed by atoms with E-state index in [1.165, 1.54) is 6.39 Å². The summed E-state index contributed by atoms with van der Waals surface area (Å²) in [5, 5.41) is 11.7. The van der Waals surface area contributed by atoms with Crippen LogP contribution in [0, 0.1) is 12.8 Å². The molecule has 1 amide bonds. The molecule has 1 rings (SSSR count). The third-order valence-corrected chi connectivity index (χ3v) is 2.74. The maximum absolute atomic E-state index is 11.7. The van der Waals surface area contributed by atoms with Crippen LogP contribution in [0.15, 0.2) is 10.8 Å². The van der Waals surface area contributed by atoms with Gasteiger partial charge in [-0.3, -0.25) is 4.79 Å². The Kier molecular flexibility index (Phi) is 5.69. The van der Waals surface area contributed by atoms with E-state index in [1.54, 1.807) is 6.92 Å². The van der Waals surface area contributed by atoms with Crippen molar-refractivity contribution in [1.29, 1.82) is 0 Å². The Bertz CT molecular complexity index is 343. The Balaban J connectivity index is 2.43. The Morgan fingerprint density at radius 3 is 2.88 bits per heavy atom. The molecule has 1 aromatic rings. The fourth-order valence-electron chi connectivity index (χ4n) is 1.78. The minimum Gasteiger partial charge on any atom is -0.438 e. The van der Waals surface area contributed by atoms with Crippen LogP contribution in [-0.4, -0.2) is 29.1 Å². The number of hydrogen-bond donors (Lipinski definition) is 2. The first-order chi connectivity index (χ1) is 8.19. The second-order valence-electron chi connectivity index (χ2n) is 4.14. The lowest BCUT2D eigenvalue weighted by molar-refractivity contribution is 0.0914. The van der Waals surface area contributed by atoms with Crippen molar-refractivity contribution in [3.05, 3.63) is 17.8 Å². The zero-order chi connectivity index (χ0) is 12.7. The molecule has 0 spiro atoms. The lowest BCUT2D eigenvalue weighted by Crippen LogP contribution is -2.30. The first-order valence-corrected chi connectivity index (χ1v) is 5.98. The van der Waals surface area contributed by atoms with Crippen molar-refractivity contribution < 1.29 is 14.3 Å². The molecular weight excluding hydrogens is 220 g/mol. The summed E-state index contributed by atoms with van der Waals surface area (Å²) in [4.78, 5) is 15.6. The molecule has 1 atom stereocenters. The van der Waals surface area contributed by atoms with Crippen LogP contribution in [-0.2, 0) is 0 Å². The van der Waals surface area contributed by atoms with Gasteiger partial charge in [-0.2, -0.15) is 0 Å². The first kappa shape index (κ1) is 13.7. The van der Waals surface area contributed by atoms with Crippen LogP contribution >= 0.6 is 0 Å². The van der Waals surface area contributed by atoms with Crippen LogP contribution in [0.1, 0.15) is 42.4 Å². The molecule has 0 saturated carbocycles. The molecule has 0 aromatic carbocycles. The van der Waals surface area contributed by atoms with Crippen LogP contribution in [0.2, 0.25) is 0 Å². The SMILES string of the molecule is CCCC(CCO)CNC(=O)c1ocnc1C. The number of rotatable bonds is 7. The first-order valence-electron chi connectivity index (χ1n) is 5.98. The Hall–Kier alpha value is -1.36. The van der Waals surface area contributed by atoms with Crippen LogP contribution in [0.25, 0.3) is 0 Å². The second kappa shape index (κ2) is 7.06. The van der Waals surface area contributed by atoms with E-state index >= 15 is 0 Å². The van der Waals surface area contributed by atoms with E-state index in [-0.39, 0.29) is 18.3 Å². The van der Waals surface area contributed by atoms with Crippen molar-refractivity contribution >= 4 is 5.91 Å². The van der Waals surface area contributed by atoms with Crippen molar-refractivity contribution in [3.63, 3.8) is 0 Å². The lowest BCUT2D eigenvalue weighted by atomic mass is 10.0. The highest BCUT2D eigenvalue weighted by Gasteiger charge is 2.15. The van der Waals surface area contributed by atoms with Gasteiger partial charge in [0.1, 0.15) is 0 Å². The molecule has 0 fully saturated rings. The zero-order valence-corrected chi connectivity index (χ0v) is 10.4. The maximum atomic E-state index is 11.7. The number of oxazole rings is 1. The van der Waals surface area contributed by atoms with E-state index in [0.717, 1.165) is 12.8 Å². The summed E-state index contributed by atoms with van der Waals surface area (Å²) in [6.07, 6.45) is 4.02. The lowest BCUT2D eigenvalue weighted by Gasteiger charge is -2.15. The molecule has 0 aliphatic heterocycles. The zero-order valence-electron chi connectivity index (χ0n) is 10.4. The third kappa shape index (κ3) is 4.19. The molecule has 0 radical (unpaired) electrons. The number of nitrogens with zero attached hydrogens (tertiary/aromatic N) is 1. The highest BCUT2D eigenvalue weighted by molar-refractivity contribution is 5.92. The fourth-order valence-corrected chi connectivity index (χ4v) is 1.78. The highest BCUT2D eigenvalue weighted by atomic mass is 16.3. The predicted molar refractivity (Wildman–Crippen MR) is 63.7 cm³/mol. The number of amides is 1. The summed E-state index contributed by atoms with van der Waals surface area (Å²) in [6, 6.07) is 0. The van der Waals surface area contributed by atoms with E-state index in [1.807, 2.05) is 0 Å². The van der Waals surface area contributed by atoms with Gasteiger partial charge in [0.25, 0.3) is 5.91 Å². The highest BCUT2D eigenvalue weighted by Crippen LogP contribution is 2.10. The molecule has 2 N–H and O–H groups in total. The van der Waals surface area contributed by atoms with Gasteiger partial charge in [0.2, 0.25) is 5.76 Å². The van der Waals surface area contributed by atoms with Crippen LogP contribution in [0.3, 0.4) is 0 Å². The smallest absolute Gasteiger partial charge is 0.289 e. The fraction of sp³-hybridized carbons (Fsp3) is 0.667. The molecule has 0 saturated heterocycles. The van der Waals surface area contributed by atoms with Gasteiger partial charge < -0.3 is 14.8 Å². The van der Waals surface area contributed by atoms with Crippen molar-refractivity contribution in [2.75, 3.05) is 13.2 Å². The molecule has 0 aliphatic rings. The van der Waals surface area contributed by atoms with Crippen molar-refractivity contribution in [3.8, 4) is 0 Å². The molecule has 0 bridgehead atoms. The molecular formula is C12H20N2O3. The number of aryl methyl sites for hydroxylation is 1. The number of aliphatic hydroxyl groups excluding tert-OH is 1. The topological polar surface area (TPSA) is 75.4 Å². The Morgan fingerprint density at radius 1 is 1.59 bits per heavy atom. The number of carbonyl (C=O) groups excluding carboxylic acids is 1. The summed E-state index contributed by atoms with van der Waals surface area (Å²) in [7, 11) is 0. The summed E-state index contributed by atoms with van der Waals surface area (Å²) in [6.45, 7) is 4.54. The number of hydrogen-bond acceptors (Lipinski definition) is 4. The third-order valence-electron chi connectivity index (χ3n) is 2.74. The van der Waals surface area contributed by atoms with Crippen LogP contribution in [0.4, 0.5) is 0 Å². The molecule has 0 aliphatic carbocycles. The van der Waals surface area contributed by atoms with Gasteiger partial charge in [-0.15, -0.1) is 0 Å². The van der Waals surface area contributed by atoms with E-state index in [9.17, 15) is 4.79 Å². The van der Waals surface area contributed by atoms with Gasteiger partial charge in [0, 0.05) is 13.2 Å². The Labute approximate surface area is 101 Å². The molecule has 5 nitrogen and oxygen atoms in total. The van der Waals surface area contributed by atoms with Crippen LogP contribution < -0.4 is 5.32 Å². The van der Waals surface area contributed by atoms with Gasteiger partial charge in [0.15, 0.2) is 6.39 Å². The molecule has 17 heavy (non-hydrogen) atoms. The summed E-state index contributed by atoms with van der Waals surface area (Å²) in [5.41, 5.74) is 0.594. The minimum atomic E-state index is -0.237. The van der Waals surface area contributed by atoms with Gasteiger partial charge in [-0.1, -0.05) is 13.3 Å².